The number of hydrogen-bond donors (Lipinski definition) is 2. The van der Waals surface area contributed by atoms with E-state index < -0.39 is 17.9 Å². The molecule has 19 heavy (non-hydrogen) atoms. The van der Waals surface area contributed by atoms with Crippen LogP contribution < -0.4 is 5.32 Å². The zero-order chi connectivity index (χ0) is 13.8. The standard InChI is InChI=1S/C14H13NO4/c1-9-7-8-19-12(9)13(16)15-11(14(17)18)10-5-3-2-4-6-10/h2-8,11H,1H3,(H,15,16)(H,17,18)/t11-/m1/s1. The van der Waals surface area contributed by atoms with Crippen molar-refractivity contribution in [1.29, 1.82) is 0 Å². The maximum atomic E-state index is 11.9. The summed E-state index contributed by atoms with van der Waals surface area (Å²) in [6, 6.07) is 9.06. The van der Waals surface area contributed by atoms with Gasteiger partial charge in [-0.25, -0.2) is 4.79 Å². The smallest absolute Gasteiger partial charge is 0.330 e. The molecule has 5 nitrogen and oxygen atoms in total. The number of rotatable bonds is 4. The average Bonchev–Trinajstić information content (AvgIpc) is 2.82. The lowest BCUT2D eigenvalue weighted by molar-refractivity contribution is -0.139. The highest BCUT2D eigenvalue weighted by atomic mass is 16.4. The molecular formula is C14H13NO4. The lowest BCUT2D eigenvalue weighted by Crippen LogP contribution is -2.33. The average molecular weight is 259 g/mol. The number of carboxylic acid groups (broad SMARTS) is 1. The number of carboxylic acids is 1. The van der Waals surface area contributed by atoms with E-state index in [1.165, 1.54) is 6.26 Å². The minimum atomic E-state index is -1.12. The molecule has 1 amide bonds. The Balaban J connectivity index is 2.21. The first-order valence-electron chi connectivity index (χ1n) is 5.72. The van der Waals surface area contributed by atoms with Gasteiger partial charge in [0.15, 0.2) is 11.8 Å². The Morgan fingerprint density at radius 2 is 1.89 bits per heavy atom. The molecule has 1 aromatic heterocycles. The summed E-state index contributed by atoms with van der Waals surface area (Å²) >= 11 is 0. The molecule has 1 aromatic carbocycles. The molecule has 0 aliphatic rings. The van der Waals surface area contributed by atoms with E-state index in [1.807, 2.05) is 0 Å². The quantitative estimate of drug-likeness (QED) is 0.881. The number of hydrogen-bond acceptors (Lipinski definition) is 3. The van der Waals surface area contributed by atoms with Crippen molar-refractivity contribution < 1.29 is 19.1 Å². The lowest BCUT2D eigenvalue weighted by atomic mass is 10.1. The predicted octanol–water partition coefficient (Wildman–Crippen LogP) is 2.14. The maximum Gasteiger partial charge on any atom is 0.330 e. The summed E-state index contributed by atoms with van der Waals surface area (Å²) in [7, 11) is 0. The van der Waals surface area contributed by atoms with E-state index in [4.69, 9.17) is 4.42 Å². The summed E-state index contributed by atoms with van der Waals surface area (Å²) in [4.78, 5) is 23.2. The van der Waals surface area contributed by atoms with Gasteiger partial charge in [0.05, 0.1) is 6.26 Å². The van der Waals surface area contributed by atoms with Gasteiger partial charge >= 0.3 is 5.97 Å². The fourth-order valence-electron chi connectivity index (χ4n) is 1.74. The Morgan fingerprint density at radius 3 is 2.42 bits per heavy atom. The lowest BCUT2D eigenvalue weighted by Gasteiger charge is -2.14. The topological polar surface area (TPSA) is 79.5 Å². The summed E-state index contributed by atoms with van der Waals surface area (Å²) in [5.41, 5.74) is 1.17. The van der Waals surface area contributed by atoms with Crippen molar-refractivity contribution in [3.05, 3.63) is 59.5 Å². The number of benzene rings is 1. The molecule has 5 heteroatoms. The van der Waals surface area contributed by atoms with Crippen LogP contribution in [0.1, 0.15) is 27.7 Å². The SMILES string of the molecule is Cc1ccoc1C(=O)N[C@@H](C(=O)O)c1ccccc1. The second-order valence-corrected chi connectivity index (χ2v) is 4.09. The van der Waals surface area contributed by atoms with Crippen molar-refractivity contribution in [2.24, 2.45) is 0 Å². The Kier molecular flexibility index (Phi) is 3.66. The first-order chi connectivity index (χ1) is 9.09. The van der Waals surface area contributed by atoms with E-state index in [1.54, 1.807) is 43.3 Å². The van der Waals surface area contributed by atoms with E-state index in [0.717, 1.165) is 0 Å². The van der Waals surface area contributed by atoms with E-state index in [-0.39, 0.29) is 5.76 Å². The highest BCUT2D eigenvalue weighted by Gasteiger charge is 2.24. The van der Waals surface area contributed by atoms with Gasteiger partial charge < -0.3 is 14.8 Å². The Labute approximate surface area is 109 Å². The van der Waals surface area contributed by atoms with Crippen LogP contribution >= 0.6 is 0 Å². The van der Waals surface area contributed by atoms with E-state index >= 15 is 0 Å². The molecule has 2 rings (SSSR count). The van der Waals surface area contributed by atoms with Gasteiger partial charge in [-0.05, 0) is 18.6 Å². The molecule has 0 fully saturated rings. The zero-order valence-corrected chi connectivity index (χ0v) is 10.3. The second kappa shape index (κ2) is 5.39. The molecule has 1 atom stereocenters. The minimum absolute atomic E-state index is 0.127. The molecule has 0 saturated heterocycles. The van der Waals surface area contributed by atoms with Crippen LogP contribution in [-0.4, -0.2) is 17.0 Å². The summed E-state index contributed by atoms with van der Waals surface area (Å²) < 4.78 is 5.04. The van der Waals surface area contributed by atoms with Gasteiger partial charge in [0.25, 0.3) is 5.91 Å². The number of carbonyl (C=O) groups is 2. The van der Waals surface area contributed by atoms with Crippen LogP contribution in [0.5, 0.6) is 0 Å². The normalized spacial score (nSPS) is 11.8. The van der Waals surface area contributed by atoms with E-state index in [0.29, 0.717) is 11.1 Å². The molecule has 0 saturated carbocycles. The second-order valence-electron chi connectivity index (χ2n) is 4.09. The number of aliphatic carboxylic acids is 1. The van der Waals surface area contributed by atoms with Crippen LogP contribution in [0.2, 0.25) is 0 Å². The third-order valence-corrected chi connectivity index (χ3v) is 2.72. The third-order valence-electron chi connectivity index (χ3n) is 2.72. The van der Waals surface area contributed by atoms with Crippen LogP contribution in [0.25, 0.3) is 0 Å². The highest BCUT2D eigenvalue weighted by Crippen LogP contribution is 2.15. The summed E-state index contributed by atoms with van der Waals surface area (Å²) in [5, 5.41) is 11.6. The maximum absolute atomic E-state index is 11.9. The van der Waals surface area contributed by atoms with Gasteiger partial charge in [-0.15, -0.1) is 0 Å². The molecule has 0 aliphatic carbocycles. The summed E-state index contributed by atoms with van der Waals surface area (Å²) in [5.74, 6) is -1.54. The molecule has 2 N–H and O–H groups in total. The van der Waals surface area contributed by atoms with Gasteiger partial charge in [0.2, 0.25) is 0 Å². The highest BCUT2D eigenvalue weighted by molar-refractivity contribution is 5.95. The first kappa shape index (κ1) is 12.9. The molecule has 0 aliphatic heterocycles. The Hall–Kier alpha value is -2.56. The molecule has 0 spiro atoms. The van der Waals surface area contributed by atoms with Gasteiger partial charge in [-0.1, -0.05) is 30.3 Å². The van der Waals surface area contributed by atoms with Crippen LogP contribution in [-0.2, 0) is 4.79 Å². The first-order valence-corrected chi connectivity index (χ1v) is 5.72. The molecular weight excluding hydrogens is 246 g/mol. The minimum Gasteiger partial charge on any atom is -0.479 e. The van der Waals surface area contributed by atoms with Crippen molar-refractivity contribution in [3.8, 4) is 0 Å². The zero-order valence-electron chi connectivity index (χ0n) is 10.3. The van der Waals surface area contributed by atoms with Gasteiger partial charge in [-0.3, -0.25) is 4.79 Å². The number of nitrogens with one attached hydrogen (secondary N) is 1. The van der Waals surface area contributed by atoms with Crippen molar-refractivity contribution in [3.63, 3.8) is 0 Å². The summed E-state index contributed by atoms with van der Waals surface area (Å²) in [6.45, 7) is 1.72. The number of furan rings is 1. The van der Waals surface area contributed by atoms with Crippen LogP contribution in [0.4, 0.5) is 0 Å². The van der Waals surface area contributed by atoms with Crippen molar-refractivity contribution >= 4 is 11.9 Å². The largest absolute Gasteiger partial charge is 0.479 e. The van der Waals surface area contributed by atoms with Crippen LogP contribution in [0.15, 0.2) is 47.1 Å². The van der Waals surface area contributed by atoms with Crippen LogP contribution in [0, 0.1) is 6.92 Å². The Bertz CT molecular complexity index is 589. The van der Waals surface area contributed by atoms with Crippen molar-refractivity contribution in [2.75, 3.05) is 0 Å². The van der Waals surface area contributed by atoms with Gasteiger partial charge in [0, 0.05) is 5.56 Å². The van der Waals surface area contributed by atoms with Crippen molar-refractivity contribution in [2.45, 2.75) is 13.0 Å². The number of carbonyl (C=O) groups excluding carboxylic acids is 1. The van der Waals surface area contributed by atoms with E-state index in [9.17, 15) is 14.7 Å². The molecule has 0 unspecified atom stereocenters. The van der Waals surface area contributed by atoms with Gasteiger partial charge in [0.1, 0.15) is 0 Å². The number of amides is 1. The fourth-order valence-corrected chi connectivity index (χ4v) is 1.74. The number of aryl methyl sites for hydroxylation is 1. The monoisotopic (exact) mass is 259 g/mol. The van der Waals surface area contributed by atoms with Crippen molar-refractivity contribution in [1.82, 2.24) is 5.32 Å². The Morgan fingerprint density at radius 1 is 1.21 bits per heavy atom. The molecule has 1 heterocycles. The molecule has 98 valence electrons. The summed E-state index contributed by atoms with van der Waals surface area (Å²) in [6.07, 6.45) is 1.39. The van der Waals surface area contributed by atoms with E-state index in [2.05, 4.69) is 5.32 Å². The van der Waals surface area contributed by atoms with Gasteiger partial charge in [-0.2, -0.15) is 0 Å². The molecule has 2 aromatic rings. The molecule has 0 bridgehead atoms. The fraction of sp³-hybridized carbons (Fsp3) is 0.143. The van der Waals surface area contributed by atoms with Crippen LogP contribution in [0.3, 0.4) is 0 Å². The predicted molar refractivity (Wildman–Crippen MR) is 67.7 cm³/mol. The molecule has 0 radical (unpaired) electrons. The third kappa shape index (κ3) is 2.82.